The molecule has 0 bridgehead atoms. The van der Waals surface area contributed by atoms with Gasteiger partial charge in [-0.1, -0.05) is 42.5 Å². The van der Waals surface area contributed by atoms with Crippen LogP contribution in [0.2, 0.25) is 0 Å². The van der Waals surface area contributed by atoms with Crippen LogP contribution in [0.4, 0.5) is 5.69 Å². The molecule has 1 N–H and O–H groups in total. The Kier molecular flexibility index (Phi) is 3.18. The number of hydrogen-bond acceptors (Lipinski definition) is 2. The van der Waals surface area contributed by atoms with Gasteiger partial charge in [-0.15, -0.1) is 0 Å². The third-order valence-corrected chi connectivity index (χ3v) is 3.98. The number of para-hydroxylation sites is 1. The molecule has 1 aliphatic rings. The lowest BCUT2D eigenvalue weighted by atomic mass is 10.0. The Morgan fingerprint density at radius 3 is 2.65 bits per heavy atom. The number of aliphatic carboxylic acids is 1. The van der Waals surface area contributed by atoms with E-state index in [1.54, 1.807) is 0 Å². The summed E-state index contributed by atoms with van der Waals surface area (Å²) in [5, 5.41) is 9.37. The number of carboxylic acids is 1. The molecule has 102 valence electrons. The van der Waals surface area contributed by atoms with Gasteiger partial charge in [-0.3, -0.25) is 4.79 Å². The molecule has 0 saturated carbocycles. The minimum Gasteiger partial charge on any atom is -0.481 e. The zero-order valence-electron chi connectivity index (χ0n) is 11.4. The van der Waals surface area contributed by atoms with Crippen LogP contribution in [-0.2, 0) is 11.3 Å². The first-order valence-corrected chi connectivity index (χ1v) is 6.78. The van der Waals surface area contributed by atoms with Crippen molar-refractivity contribution >= 4 is 11.7 Å². The Balaban J connectivity index is 1.93. The summed E-state index contributed by atoms with van der Waals surface area (Å²) in [4.78, 5) is 13.6. The molecular formula is C17H17NO2. The molecule has 0 saturated heterocycles. The van der Waals surface area contributed by atoms with E-state index in [4.69, 9.17) is 0 Å². The van der Waals surface area contributed by atoms with E-state index in [2.05, 4.69) is 24.0 Å². The van der Waals surface area contributed by atoms with Crippen molar-refractivity contribution < 1.29 is 9.90 Å². The van der Waals surface area contributed by atoms with E-state index in [0.717, 1.165) is 17.8 Å². The largest absolute Gasteiger partial charge is 0.481 e. The normalized spacial score (nSPS) is 17.1. The minimum absolute atomic E-state index is 0.421. The van der Waals surface area contributed by atoms with Gasteiger partial charge in [0.05, 0.1) is 0 Å². The predicted octanol–water partition coefficient (Wildman–Crippen LogP) is 3.18. The third kappa shape index (κ3) is 2.16. The lowest BCUT2D eigenvalue weighted by Gasteiger charge is -2.20. The Bertz CT molecular complexity index is 651. The molecule has 3 heteroatoms. The van der Waals surface area contributed by atoms with Crippen LogP contribution in [0.25, 0.3) is 0 Å². The van der Waals surface area contributed by atoms with Crippen LogP contribution in [0.15, 0.2) is 48.5 Å². The van der Waals surface area contributed by atoms with E-state index in [-0.39, 0.29) is 0 Å². The lowest BCUT2D eigenvalue weighted by Crippen LogP contribution is -2.24. The first kappa shape index (κ1) is 12.7. The molecule has 20 heavy (non-hydrogen) atoms. The second-order valence-electron chi connectivity index (χ2n) is 5.26. The SMILES string of the molecule is Cc1ccccc1CN1CC(C(=O)O)c2ccccc21. The number of carbonyl (C=O) groups is 1. The maximum Gasteiger partial charge on any atom is 0.312 e. The lowest BCUT2D eigenvalue weighted by molar-refractivity contribution is -0.138. The van der Waals surface area contributed by atoms with Gasteiger partial charge < -0.3 is 10.0 Å². The zero-order chi connectivity index (χ0) is 14.1. The molecule has 0 spiro atoms. The van der Waals surface area contributed by atoms with Crippen molar-refractivity contribution in [3.05, 3.63) is 65.2 Å². The van der Waals surface area contributed by atoms with Crippen molar-refractivity contribution in [1.29, 1.82) is 0 Å². The van der Waals surface area contributed by atoms with Gasteiger partial charge in [-0.25, -0.2) is 0 Å². The summed E-state index contributed by atoms with van der Waals surface area (Å²) in [6, 6.07) is 16.1. The highest BCUT2D eigenvalue weighted by Gasteiger charge is 2.33. The molecule has 3 rings (SSSR count). The summed E-state index contributed by atoms with van der Waals surface area (Å²) in [6.07, 6.45) is 0. The van der Waals surface area contributed by atoms with E-state index in [0.29, 0.717) is 6.54 Å². The Hall–Kier alpha value is -2.29. The van der Waals surface area contributed by atoms with Crippen LogP contribution in [0.5, 0.6) is 0 Å². The highest BCUT2D eigenvalue weighted by atomic mass is 16.4. The van der Waals surface area contributed by atoms with Crippen LogP contribution in [0, 0.1) is 6.92 Å². The van der Waals surface area contributed by atoms with Gasteiger partial charge in [-0.2, -0.15) is 0 Å². The Labute approximate surface area is 118 Å². The molecule has 0 radical (unpaired) electrons. The smallest absolute Gasteiger partial charge is 0.312 e. The topological polar surface area (TPSA) is 40.5 Å². The van der Waals surface area contributed by atoms with Crippen molar-refractivity contribution in [2.75, 3.05) is 11.4 Å². The highest BCUT2D eigenvalue weighted by molar-refractivity contribution is 5.82. The summed E-state index contributed by atoms with van der Waals surface area (Å²) >= 11 is 0. The van der Waals surface area contributed by atoms with Crippen molar-refractivity contribution in [3.8, 4) is 0 Å². The van der Waals surface area contributed by atoms with E-state index in [9.17, 15) is 9.90 Å². The standard InChI is InChI=1S/C17H17NO2/c1-12-6-2-3-7-13(12)10-18-11-15(17(19)20)14-8-4-5-9-16(14)18/h2-9,15H,10-11H2,1H3,(H,19,20). The van der Waals surface area contributed by atoms with Gasteiger partial charge in [0.1, 0.15) is 5.92 Å². The quantitative estimate of drug-likeness (QED) is 0.928. The number of anilines is 1. The molecular weight excluding hydrogens is 250 g/mol. The number of rotatable bonds is 3. The first-order chi connectivity index (χ1) is 9.66. The van der Waals surface area contributed by atoms with Crippen molar-refractivity contribution in [2.24, 2.45) is 0 Å². The van der Waals surface area contributed by atoms with Gasteiger partial charge in [0, 0.05) is 18.8 Å². The number of hydrogen-bond donors (Lipinski definition) is 1. The predicted molar refractivity (Wildman–Crippen MR) is 79.0 cm³/mol. The fraction of sp³-hybridized carbons (Fsp3) is 0.235. The summed E-state index contributed by atoms with van der Waals surface area (Å²) < 4.78 is 0. The van der Waals surface area contributed by atoms with E-state index in [1.807, 2.05) is 36.4 Å². The van der Waals surface area contributed by atoms with Gasteiger partial charge in [0.15, 0.2) is 0 Å². The molecule has 1 unspecified atom stereocenters. The molecule has 3 nitrogen and oxygen atoms in total. The van der Waals surface area contributed by atoms with Gasteiger partial charge in [-0.05, 0) is 29.7 Å². The van der Waals surface area contributed by atoms with Crippen LogP contribution in [-0.4, -0.2) is 17.6 Å². The number of carboxylic acid groups (broad SMARTS) is 1. The summed E-state index contributed by atoms with van der Waals surface area (Å²) in [5.74, 6) is -1.17. The Morgan fingerprint density at radius 1 is 1.20 bits per heavy atom. The zero-order valence-corrected chi connectivity index (χ0v) is 11.4. The van der Waals surface area contributed by atoms with Crippen LogP contribution in [0.1, 0.15) is 22.6 Å². The molecule has 0 aromatic heterocycles. The van der Waals surface area contributed by atoms with E-state index in [1.165, 1.54) is 11.1 Å². The maximum atomic E-state index is 11.4. The van der Waals surface area contributed by atoms with E-state index < -0.39 is 11.9 Å². The molecule has 1 atom stereocenters. The number of benzene rings is 2. The van der Waals surface area contributed by atoms with Crippen LogP contribution in [0.3, 0.4) is 0 Å². The van der Waals surface area contributed by atoms with E-state index >= 15 is 0 Å². The monoisotopic (exact) mass is 267 g/mol. The molecule has 2 aromatic rings. The number of fused-ring (bicyclic) bond motifs is 1. The van der Waals surface area contributed by atoms with Gasteiger partial charge >= 0.3 is 5.97 Å². The van der Waals surface area contributed by atoms with Crippen molar-refractivity contribution in [2.45, 2.75) is 19.4 Å². The van der Waals surface area contributed by atoms with Crippen molar-refractivity contribution in [1.82, 2.24) is 0 Å². The second kappa shape index (κ2) is 5.00. The fourth-order valence-corrected chi connectivity index (χ4v) is 2.84. The molecule has 0 fully saturated rings. The van der Waals surface area contributed by atoms with Crippen LogP contribution >= 0.6 is 0 Å². The van der Waals surface area contributed by atoms with Gasteiger partial charge in [0.2, 0.25) is 0 Å². The number of aryl methyl sites for hydroxylation is 1. The molecule has 1 aliphatic heterocycles. The van der Waals surface area contributed by atoms with Crippen LogP contribution < -0.4 is 4.90 Å². The van der Waals surface area contributed by atoms with Gasteiger partial charge in [0.25, 0.3) is 0 Å². The average Bonchev–Trinajstić information content (AvgIpc) is 2.81. The molecule has 0 aliphatic carbocycles. The minimum atomic E-state index is -0.746. The number of nitrogens with zero attached hydrogens (tertiary/aromatic N) is 1. The maximum absolute atomic E-state index is 11.4. The molecule has 0 amide bonds. The molecule has 1 heterocycles. The highest BCUT2D eigenvalue weighted by Crippen LogP contribution is 2.37. The summed E-state index contributed by atoms with van der Waals surface area (Å²) in [7, 11) is 0. The fourth-order valence-electron chi connectivity index (χ4n) is 2.84. The average molecular weight is 267 g/mol. The van der Waals surface area contributed by atoms with Crippen molar-refractivity contribution in [3.63, 3.8) is 0 Å². The third-order valence-electron chi connectivity index (χ3n) is 3.98. The Morgan fingerprint density at radius 2 is 1.90 bits per heavy atom. The summed E-state index contributed by atoms with van der Waals surface area (Å²) in [6.45, 7) is 3.39. The molecule has 2 aromatic carbocycles. The summed E-state index contributed by atoms with van der Waals surface area (Å²) in [5.41, 5.74) is 4.45. The second-order valence-corrected chi connectivity index (χ2v) is 5.26. The first-order valence-electron chi connectivity index (χ1n) is 6.78.